The number of sulfone groups is 1. The number of rotatable bonds is 6. The first kappa shape index (κ1) is 18.6. The number of aliphatic hydroxyl groups is 1. The van der Waals surface area contributed by atoms with Gasteiger partial charge in [0.25, 0.3) is 0 Å². The highest BCUT2D eigenvalue weighted by molar-refractivity contribution is 7.90. The molecule has 0 aromatic heterocycles. The number of morpholine rings is 1. The van der Waals surface area contributed by atoms with Gasteiger partial charge in [0.15, 0.2) is 0 Å². The Morgan fingerprint density at radius 2 is 1.87 bits per heavy atom. The van der Waals surface area contributed by atoms with Crippen molar-refractivity contribution >= 4 is 15.7 Å². The van der Waals surface area contributed by atoms with Crippen molar-refractivity contribution in [1.29, 1.82) is 0 Å². The van der Waals surface area contributed by atoms with Crippen LogP contribution < -0.4 is 0 Å². The Labute approximate surface area is 138 Å². The summed E-state index contributed by atoms with van der Waals surface area (Å²) in [6.45, 7) is 5.44. The highest BCUT2D eigenvalue weighted by Gasteiger charge is 2.31. The lowest BCUT2D eigenvalue weighted by Gasteiger charge is -2.40. The Morgan fingerprint density at radius 1 is 1.22 bits per heavy atom. The molecule has 0 spiro atoms. The van der Waals surface area contributed by atoms with Gasteiger partial charge < -0.3 is 14.7 Å². The van der Waals surface area contributed by atoms with Gasteiger partial charge in [-0.2, -0.15) is 0 Å². The van der Waals surface area contributed by atoms with Crippen molar-refractivity contribution in [2.75, 3.05) is 64.6 Å². The molecule has 7 nitrogen and oxygen atoms in total. The van der Waals surface area contributed by atoms with E-state index in [4.69, 9.17) is 4.74 Å². The summed E-state index contributed by atoms with van der Waals surface area (Å²) in [5, 5.41) is 9.51. The molecule has 1 amide bonds. The van der Waals surface area contributed by atoms with Crippen molar-refractivity contribution in [3.05, 3.63) is 0 Å². The highest BCUT2D eigenvalue weighted by Crippen LogP contribution is 2.23. The van der Waals surface area contributed by atoms with E-state index in [0.717, 1.165) is 45.5 Å². The molecule has 134 valence electrons. The smallest absolute Gasteiger partial charge is 0.223 e. The highest BCUT2D eigenvalue weighted by atomic mass is 32.2. The molecule has 2 aliphatic heterocycles. The molecule has 0 saturated carbocycles. The first-order valence-electron chi connectivity index (χ1n) is 8.24. The van der Waals surface area contributed by atoms with Crippen LogP contribution in [0.4, 0.5) is 0 Å². The number of likely N-dealkylation sites (tertiary alicyclic amines) is 1. The summed E-state index contributed by atoms with van der Waals surface area (Å²) in [7, 11) is -3.13. The molecular weight excluding hydrogens is 320 g/mol. The van der Waals surface area contributed by atoms with Gasteiger partial charge in [0.2, 0.25) is 5.91 Å². The van der Waals surface area contributed by atoms with Crippen LogP contribution in [0.3, 0.4) is 0 Å². The first-order valence-corrected chi connectivity index (χ1v) is 10.3. The van der Waals surface area contributed by atoms with Crippen LogP contribution >= 0.6 is 0 Å². The van der Waals surface area contributed by atoms with Crippen LogP contribution in [-0.2, 0) is 19.4 Å². The van der Waals surface area contributed by atoms with E-state index >= 15 is 0 Å². The van der Waals surface area contributed by atoms with Crippen LogP contribution in [0.2, 0.25) is 0 Å². The Bertz CT molecular complexity index is 490. The van der Waals surface area contributed by atoms with E-state index in [0.29, 0.717) is 19.0 Å². The molecule has 2 fully saturated rings. The minimum Gasteiger partial charge on any atom is -0.396 e. The average Bonchev–Trinajstić information content (AvgIpc) is 2.52. The van der Waals surface area contributed by atoms with Gasteiger partial charge in [0.05, 0.1) is 19.0 Å². The Morgan fingerprint density at radius 3 is 2.48 bits per heavy atom. The van der Waals surface area contributed by atoms with Gasteiger partial charge in [-0.1, -0.05) is 0 Å². The van der Waals surface area contributed by atoms with Gasteiger partial charge >= 0.3 is 0 Å². The minimum atomic E-state index is -3.13. The molecule has 23 heavy (non-hydrogen) atoms. The summed E-state index contributed by atoms with van der Waals surface area (Å²) in [6.07, 6.45) is 2.08. The fraction of sp³-hybridized carbons (Fsp3) is 0.933. The third kappa shape index (κ3) is 6.37. The van der Waals surface area contributed by atoms with Crippen molar-refractivity contribution in [3.8, 4) is 0 Å². The molecule has 2 rings (SSSR count). The van der Waals surface area contributed by atoms with Gasteiger partial charge in [-0.05, 0) is 18.3 Å². The summed E-state index contributed by atoms with van der Waals surface area (Å²) in [4.78, 5) is 16.4. The summed E-state index contributed by atoms with van der Waals surface area (Å²) < 4.78 is 27.8. The fourth-order valence-electron chi connectivity index (χ4n) is 3.37. The monoisotopic (exact) mass is 348 g/mol. The first-order chi connectivity index (χ1) is 10.9. The van der Waals surface area contributed by atoms with Crippen LogP contribution in [0.25, 0.3) is 0 Å². The molecule has 0 aromatic carbocycles. The van der Waals surface area contributed by atoms with Crippen molar-refractivity contribution < 1.29 is 23.1 Å². The molecule has 2 atom stereocenters. The lowest BCUT2D eigenvalue weighted by atomic mass is 9.89. The van der Waals surface area contributed by atoms with Gasteiger partial charge in [-0.25, -0.2) is 8.42 Å². The van der Waals surface area contributed by atoms with Crippen molar-refractivity contribution in [3.63, 3.8) is 0 Å². The maximum absolute atomic E-state index is 12.3. The predicted molar refractivity (Wildman–Crippen MR) is 86.8 cm³/mol. The number of carbonyl (C=O) groups is 1. The number of carbonyl (C=O) groups excluding carboxylic acids is 1. The third-order valence-electron chi connectivity index (χ3n) is 4.54. The second-order valence-electron chi connectivity index (χ2n) is 6.74. The van der Waals surface area contributed by atoms with Crippen LogP contribution in [0.5, 0.6) is 0 Å². The Balaban J connectivity index is 1.90. The number of ether oxygens (including phenoxy) is 1. The number of piperidine rings is 1. The molecule has 0 aromatic rings. The molecule has 0 bridgehead atoms. The molecule has 8 heteroatoms. The quantitative estimate of drug-likeness (QED) is 0.677. The molecule has 0 unspecified atom stereocenters. The standard InChI is InChI=1S/C15H28N2O5S/c1-23(20,21)7-2-15(19)17-10-13(8-14(11-17)12-18)9-16-3-5-22-6-4-16/h13-14,18H,2-12H2,1H3/t13-,14-/m1/s1. The van der Waals surface area contributed by atoms with Gasteiger partial charge in [-0.15, -0.1) is 0 Å². The number of aliphatic hydroxyl groups excluding tert-OH is 1. The molecule has 2 heterocycles. The second-order valence-corrected chi connectivity index (χ2v) is 9.00. The fourth-order valence-corrected chi connectivity index (χ4v) is 3.91. The lowest BCUT2D eigenvalue weighted by molar-refractivity contribution is -0.134. The number of amides is 1. The third-order valence-corrected chi connectivity index (χ3v) is 5.49. The molecule has 0 aliphatic carbocycles. The van der Waals surface area contributed by atoms with Crippen molar-refractivity contribution in [2.45, 2.75) is 12.8 Å². The average molecular weight is 348 g/mol. The maximum atomic E-state index is 12.3. The summed E-state index contributed by atoms with van der Waals surface area (Å²) in [6, 6.07) is 0. The number of hydrogen-bond acceptors (Lipinski definition) is 6. The minimum absolute atomic E-state index is 0.0290. The summed E-state index contributed by atoms with van der Waals surface area (Å²) in [5.74, 6) is 0.166. The lowest BCUT2D eigenvalue weighted by Crippen LogP contribution is -2.49. The number of nitrogens with zero attached hydrogens (tertiary/aromatic N) is 2. The zero-order valence-corrected chi connectivity index (χ0v) is 14.6. The van der Waals surface area contributed by atoms with E-state index in [-0.39, 0.29) is 30.6 Å². The Hall–Kier alpha value is -0.700. The Kier molecular flexibility index (Phi) is 6.82. The van der Waals surface area contributed by atoms with Gasteiger partial charge in [-0.3, -0.25) is 9.69 Å². The SMILES string of the molecule is CS(=O)(=O)CCC(=O)N1C[C@H](CO)C[C@H](CN2CCOCC2)C1. The van der Waals surface area contributed by atoms with E-state index in [9.17, 15) is 18.3 Å². The van der Waals surface area contributed by atoms with Crippen LogP contribution in [0.15, 0.2) is 0 Å². The maximum Gasteiger partial charge on any atom is 0.223 e. The van der Waals surface area contributed by atoms with Crippen LogP contribution in [-0.4, -0.2) is 93.8 Å². The largest absolute Gasteiger partial charge is 0.396 e. The summed E-state index contributed by atoms with van der Waals surface area (Å²) >= 11 is 0. The molecule has 0 radical (unpaired) electrons. The molecule has 1 N–H and O–H groups in total. The van der Waals surface area contributed by atoms with E-state index < -0.39 is 9.84 Å². The predicted octanol–water partition coefficient (Wildman–Crippen LogP) is -0.790. The number of hydrogen-bond donors (Lipinski definition) is 1. The van der Waals surface area contributed by atoms with E-state index in [1.165, 1.54) is 0 Å². The molecular formula is C15H28N2O5S. The van der Waals surface area contributed by atoms with E-state index in [1.807, 2.05) is 0 Å². The van der Waals surface area contributed by atoms with E-state index in [2.05, 4.69) is 4.90 Å². The second kappa shape index (κ2) is 8.41. The van der Waals surface area contributed by atoms with Gasteiger partial charge in [0, 0.05) is 52.0 Å². The topological polar surface area (TPSA) is 87.2 Å². The van der Waals surface area contributed by atoms with Gasteiger partial charge in [0.1, 0.15) is 9.84 Å². The zero-order chi connectivity index (χ0) is 16.9. The molecule has 2 aliphatic rings. The van der Waals surface area contributed by atoms with Crippen LogP contribution in [0.1, 0.15) is 12.8 Å². The van der Waals surface area contributed by atoms with Crippen LogP contribution in [0, 0.1) is 11.8 Å². The molecule has 2 saturated heterocycles. The van der Waals surface area contributed by atoms with Crippen molar-refractivity contribution in [1.82, 2.24) is 9.80 Å². The van der Waals surface area contributed by atoms with E-state index in [1.54, 1.807) is 4.90 Å². The normalized spacial score (nSPS) is 27.1. The zero-order valence-electron chi connectivity index (χ0n) is 13.8. The summed E-state index contributed by atoms with van der Waals surface area (Å²) in [5.41, 5.74) is 0. The van der Waals surface area contributed by atoms with Crippen molar-refractivity contribution in [2.24, 2.45) is 11.8 Å².